The van der Waals surface area contributed by atoms with Crippen LogP contribution < -0.4 is 0 Å². The first-order valence-electron chi connectivity index (χ1n) is 7.28. The molecule has 0 fully saturated rings. The van der Waals surface area contributed by atoms with Crippen molar-refractivity contribution in [3.8, 4) is 5.69 Å². The third-order valence-electron chi connectivity index (χ3n) is 3.64. The minimum absolute atomic E-state index is 0. The predicted molar refractivity (Wildman–Crippen MR) is 91.5 cm³/mol. The van der Waals surface area contributed by atoms with Crippen molar-refractivity contribution in [2.24, 2.45) is 0 Å². The Morgan fingerprint density at radius 3 is 2.64 bits per heavy atom. The molecule has 2 aromatic heterocycles. The van der Waals surface area contributed by atoms with Crippen molar-refractivity contribution in [2.45, 2.75) is 26.1 Å². The second kappa shape index (κ2) is 7.49. The molecule has 0 N–H and O–H groups in total. The summed E-state index contributed by atoms with van der Waals surface area (Å²) in [6.45, 7) is 2.51. The Bertz CT molecular complexity index is 855. The maximum absolute atomic E-state index is 13.0. The normalized spacial score (nSPS) is 11.4. The molecule has 134 valence electrons. The Labute approximate surface area is 153 Å². The van der Waals surface area contributed by atoms with E-state index in [0.717, 1.165) is 24.0 Å². The molecule has 0 saturated carbocycles. The summed E-state index contributed by atoms with van der Waals surface area (Å²) in [6.07, 6.45) is 3.04. The number of rotatable bonds is 4. The lowest BCUT2D eigenvalue weighted by molar-refractivity contribution is -0.137. The molecule has 4 nitrogen and oxygen atoms in total. The number of aryl methyl sites for hydroxylation is 1. The van der Waals surface area contributed by atoms with E-state index in [2.05, 4.69) is 9.97 Å². The molecular weight excluding hydrogens is 376 g/mol. The van der Waals surface area contributed by atoms with Crippen molar-refractivity contribution in [1.82, 2.24) is 19.1 Å². The minimum atomic E-state index is -4.50. The van der Waals surface area contributed by atoms with Crippen molar-refractivity contribution >= 4 is 24.0 Å². The van der Waals surface area contributed by atoms with Gasteiger partial charge in [0, 0.05) is 30.7 Å². The highest BCUT2D eigenvalue weighted by molar-refractivity contribution is 6.31. The SMILES string of the molecule is CCc1nccn1Cc1cn(-c2ccc(Cl)c(C(F)(F)F)c2)cn1.Cl. The molecule has 0 radical (unpaired) electrons. The zero-order chi connectivity index (χ0) is 17.3. The predicted octanol–water partition coefficient (Wildman–Crippen LogP) is 4.77. The van der Waals surface area contributed by atoms with Crippen LogP contribution in [0.4, 0.5) is 13.2 Å². The largest absolute Gasteiger partial charge is 0.417 e. The maximum atomic E-state index is 13.0. The van der Waals surface area contributed by atoms with Crippen LogP contribution in [-0.2, 0) is 19.1 Å². The van der Waals surface area contributed by atoms with E-state index in [0.29, 0.717) is 12.2 Å². The highest BCUT2D eigenvalue weighted by Crippen LogP contribution is 2.35. The van der Waals surface area contributed by atoms with Crippen LogP contribution in [-0.4, -0.2) is 19.1 Å². The summed E-state index contributed by atoms with van der Waals surface area (Å²) in [5, 5.41) is -0.322. The lowest BCUT2D eigenvalue weighted by atomic mass is 10.2. The first-order valence-corrected chi connectivity index (χ1v) is 7.66. The van der Waals surface area contributed by atoms with E-state index < -0.39 is 11.7 Å². The second-order valence-corrected chi connectivity index (χ2v) is 5.67. The van der Waals surface area contributed by atoms with Gasteiger partial charge in [-0.1, -0.05) is 18.5 Å². The van der Waals surface area contributed by atoms with Crippen LogP contribution in [0.25, 0.3) is 5.69 Å². The summed E-state index contributed by atoms with van der Waals surface area (Å²) in [6, 6.07) is 3.78. The Hall–Kier alpha value is -1.99. The molecule has 0 saturated heterocycles. The number of imidazole rings is 2. The first-order chi connectivity index (χ1) is 11.4. The summed E-state index contributed by atoms with van der Waals surface area (Å²) in [4.78, 5) is 8.49. The van der Waals surface area contributed by atoms with Gasteiger partial charge in [0.05, 0.1) is 29.2 Å². The molecule has 3 aromatic rings. The zero-order valence-electron chi connectivity index (χ0n) is 13.2. The van der Waals surface area contributed by atoms with E-state index in [9.17, 15) is 13.2 Å². The topological polar surface area (TPSA) is 35.6 Å². The number of hydrogen-bond acceptors (Lipinski definition) is 2. The smallest absolute Gasteiger partial charge is 0.329 e. The van der Waals surface area contributed by atoms with Gasteiger partial charge < -0.3 is 9.13 Å². The molecule has 0 aliphatic carbocycles. The Morgan fingerprint density at radius 1 is 1.20 bits per heavy atom. The number of hydrogen-bond donors (Lipinski definition) is 0. The maximum Gasteiger partial charge on any atom is 0.417 e. The summed E-state index contributed by atoms with van der Waals surface area (Å²) in [7, 11) is 0. The Kier molecular flexibility index (Phi) is 5.80. The van der Waals surface area contributed by atoms with E-state index in [1.807, 2.05) is 17.7 Å². The van der Waals surface area contributed by atoms with Crippen LogP contribution >= 0.6 is 24.0 Å². The monoisotopic (exact) mass is 390 g/mol. The summed E-state index contributed by atoms with van der Waals surface area (Å²) in [5.74, 6) is 0.926. The molecule has 9 heteroatoms. The van der Waals surface area contributed by atoms with E-state index >= 15 is 0 Å². The highest BCUT2D eigenvalue weighted by Gasteiger charge is 2.33. The van der Waals surface area contributed by atoms with Gasteiger partial charge in [-0.15, -0.1) is 12.4 Å². The summed E-state index contributed by atoms with van der Waals surface area (Å²) in [5.41, 5.74) is 0.220. The van der Waals surface area contributed by atoms with E-state index in [1.54, 1.807) is 17.0 Å². The molecule has 0 unspecified atom stereocenters. The third kappa shape index (κ3) is 4.16. The van der Waals surface area contributed by atoms with E-state index in [-0.39, 0.29) is 17.4 Å². The van der Waals surface area contributed by atoms with Gasteiger partial charge in [0.15, 0.2) is 0 Å². The molecular formula is C16H15Cl2F3N4. The number of aromatic nitrogens is 4. The van der Waals surface area contributed by atoms with Crippen LogP contribution in [0, 0.1) is 0 Å². The zero-order valence-corrected chi connectivity index (χ0v) is 14.7. The lowest BCUT2D eigenvalue weighted by Gasteiger charge is -2.11. The fraction of sp³-hybridized carbons (Fsp3) is 0.250. The minimum Gasteiger partial charge on any atom is -0.329 e. The molecule has 0 amide bonds. The lowest BCUT2D eigenvalue weighted by Crippen LogP contribution is -2.07. The van der Waals surface area contributed by atoms with Crippen molar-refractivity contribution in [3.63, 3.8) is 0 Å². The van der Waals surface area contributed by atoms with Crippen LogP contribution in [0.2, 0.25) is 5.02 Å². The van der Waals surface area contributed by atoms with Gasteiger partial charge in [0.25, 0.3) is 0 Å². The van der Waals surface area contributed by atoms with Gasteiger partial charge in [-0.05, 0) is 18.2 Å². The third-order valence-corrected chi connectivity index (χ3v) is 3.97. The average molecular weight is 391 g/mol. The fourth-order valence-corrected chi connectivity index (χ4v) is 2.68. The average Bonchev–Trinajstić information content (AvgIpc) is 3.16. The van der Waals surface area contributed by atoms with Crippen LogP contribution in [0.1, 0.15) is 24.0 Å². The molecule has 0 spiro atoms. The molecule has 3 rings (SSSR count). The molecule has 0 bridgehead atoms. The van der Waals surface area contributed by atoms with Gasteiger partial charge in [-0.2, -0.15) is 13.2 Å². The number of halogens is 5. The van der Waals surface area contributed by atoms with Crippen LogP contribution in [0.15, 0.2) is 43.1 Å². The number of alkyl halides is 3. The van der Waals surface area contributed by atoms with Crippen molar-refractivity contribution in [3.05, 3.63) is 65.2 Å². The quantitative estimate of drug-likeness (QED) is 0.642. The summed E-state index contributed by atoms with van der Waals surface area (Å²) < 4.78 is 42.4. The number of benzene rings is 1. The Morgan fingerprint density at radius 2 is 1.96 bits per heavy atom. The molecule has 25 heavy (non-hydrogen) atoms. The van der Waals surface area contributed by atoms with Gasteiger partial charge in [-0.3, -0.25) is 0 Å². The van der Waals surface area contributed by atoms with E-state index in [4.69, 9.17) is 11.6 Å². The molecule has 0 aliphatic rings. The van der Waals surface area contributed by atoms with Gasteiger partial charge in [-0.25, -0.2) is 9.97 Å². The van der Waals surface area contributed by atoms with Crippen molar-refractivity contribution < 1.29 is 13.2 Å². The van der Waals surface area contributed by atoms with Gasteiger partial charge in [0.2, 0.25) is 0 Å². The standard InChI is InChI=1S/C16H14ClF3N4.ClH/c1-2-15-21-5-6-23(15)8-11-9-24(10-22-11)12-3-4-14(17)13(7-12)16(18,19)20;/h3-7,9-10H,2,8H2,1H3;1H. The van der Waals surface area contributed by atoms with Gasteiger partial charge >= 0.3 is 6.18 Å². The number of nitrogens with zero attached hydrogens (tertiary/aromatic N) is 4. The highest BCUT2D eigenvalue weighted by atomic mass is 35.5. The summed E-state index contributed by atoms with van der Waals surface area (Å²) >= 11 is 5.65. The molecule has 2 heterocycles. The molecule has 0 atom stereocenters. The second-order valence-electron chi connectivity index (χ2n) is 5.26. The van der Waals surface area contributed by atoms with Crippen LogP contribution in [0.3, 0.4) is 0 Å². The Balaban J connectivity index is 0.00000225. The molecule has 1 aromatic carbocycles. The van der Waals surface area contributed by atoms with E-state index in [1.165, 1.54) is 18.5 Å². The van der Waals surface area contributed by atoms with Crippen molar-refractivity contribution in [1.29, 1.82) is 0 Å². The van der Waals surface area contributed by atoms with Gasteiger partial charge in [0.1, 0.15) is 5.82 Å². The van der Waals surface area contributed by atoms with Crippen LogP contribution in [0.5, 0.6) is 0 Å². The molecule has 0 aliphatic heterocycles. The first kappa shape index (κ1) is 19.3. The fourth-order valence-electron chi connectivity index (χ4n) is 2.45. The van der Waals surface area contributed by atoms with Crippen molar-refractivity contribution in [2.75, 3.05) is 0 Å².